The fourth-order valence-corrected chi connectivity index (χ4v) is 2.22. The summed E-state index contributed by atoms with van der Waals surface area (Å²) in [6, 6.07) is 6.15. The van der Waals surface area contributed by atoms with Crippen molar-refractivity contribution in [1.29, 1.82) is 0 Å². The Morgan fingerprint density at radius 3 is 2.18 bits per heavy atom. The van der Waals surface area contributed by atoms with Crippen LogP contribution in [-0.4, -0.2) is 32.9 Å². The Hall–Kier alpha value is -1.93. The summed E-state index contributed by atoms with van der Waals surface area (Å²) in [6.07, 6.45) is -0.652. The van der Waals surface area contributed by atoms with Crippen molar-refractivity contribution >= 4 is 21.8 Å². The van der Waals surface area contributed by atoms with E-state index < -0.39 is 21.7 Å². The molecule has 0 aliphatic rings. The van der Waals surface area contributed by atoms with Crippen LogP contribution in [0.3, 0.4) is 0 Å². The molecule has 0 heterocycles. The third-order valence-corrected chi connectivity index (χ3v) is 4.00. The molecule has 0 aromatic heterocycles. The number of rotatable bonds is 4. The van der Waals surface area contributed by atoms with Crippen LogP contribution in [0.4, 0.5) is 4.79 Å². The molecule has 0 radical (unpaired) electrons. The van der Waals surface area contributed by atoms with Gasteiger partial charge in [0, 0.05) is 0 Å². The summed E-state index contributed by atoms with van der Waals surface area (Å²) < 4.78 is 30.5. The minimum Gasteiger partial charge on any atom is -0.443 e. The van der Waals surface area contributed by atoms with Crippen molar-refractivity contribution in [2.45, 2.75) is 38.2 Å². The number of amides is 1. The Labute approximate surface area is 130 Å². The zero-order chi connectivity index (χ0) is 17.0. The average Bonchev–Trinajstić information content (AvgIpc) is 2.43. The molecule has 1 amide bonds. The first-order valence-corrected chi connectivity index (χ1v) is 8.11. The lowest BCUT2D eigenvalue weighted by Crippen LogP contribution is -2.30. The number of hydrogen-bond acceptors (Lipinski definition) is 5. The summed E-state index contributed by atoms with van der Waals surface area (Å²) in [4.78, 5) is 11.6. The van der Waals surface area contributed by atoms with Crippen molar-refractivity contribution in [3.63, 3.8) is 0 Å². The van der Waals surface area contributed by atoms with E-state index in [1.807, 2.05) is 0 Å². The van der Waals surface area contributed by atoms with Gasteiger partial charge >= 0.3 is 6.09 Å². The summed E-state index contributed by atoms with van der Waals surface area (Å²) in [7, 11) is -2.12. The quantitative estimate of drug-likeness (QED) is 0.651. The van der Waals surface area contributed by atoms with Crippen molar-refractivity contribution in [2.24, 2.45) is 5.10 Å². The van der Waals surface area contributed by atoms with Crippen LogP contribution in [0.2, 0.25) is 0 Å². The van der Waals surface area contributed by atoms with Crippen LogP contribution in [0, 0.1) is 0 Å². The SMILES string of the molecule is CNS(=O)(=O)c1ccc(/C(C)=N\NC(=O)OC(C)(C)C)cc1. The van der Waals surface area contributed by atoms with E-state index in [1.54, 1.807) is 39.8 Å². The summed E-state index contributed by atoms with van der Waals surface area (Å²) >= 11 is 0. The maximum absolute atomic E-state index is 11.6. The number of ether oxygens (including phenoxy) is 1. The van der Waals surface area contributed by atoms with Gasteiger partial charge in [0.2, 0.25) is 10.0 Å². The number of benzene rings is 1. The van der Waals surface area contributed by atoms with Crippen LogP contribution < -0.4 is 10.1 Å². The molecule has 22 heavy (non-hydrogen) atoms. The van der Waals surface area contributed by atoms with Gasteiger partial charge in [0.05, 0.1) is 10.6 Å². The van der Waals surface area contributed by atoms with E-state index in [0.717, 1.165) is 0 Å². The van der Waals surface area contributed by atoms with E-state index in [2.05, 4.69) is 15.2 Å². The molecule has 0 spiro atoms. The number of sulfonamides is 1. The molecule has 7 nitrogen and oxygen atoms in total. The predicted molar refractivity (Wildman–Crippen MR) is 84.3 cm³/mol. The third-order valence-electron chi connectivity index (χ3n) is 2.56. The van der Waals surface area contributed by atoms with E-state index in [-0.39, 0.29) is 4.90 Å². The van der Waals surface area contributed by atoms with E-state index in [0.29, 0.717) is 11.3 Å². The average molecular weight is 327 g/mol. The van der Waals surface area contributed by atoms with Crippen LogP contribution in [0.25, 0.3) is 0 Å². The summed E-state index contributed by atoms with van der Waals surface area (Å²) in [5, 5.41) is 3.92. The number of nitrogens with zero attached hydrogens (tertiary/aromatic N) is 1. The van der Waals surface area contributed by atoms with Crippen LogP contribution in [0.5, 0.6) is 0 Å². The second kappa shape index (κ2) is 6.89. The molecule has 0 aliphatic heterocycles. The molecule has 8 heteroatoms. The van der Waals surface area contributed by atoms with Crippen molar-refractivity contribution in [2.75, 3.05) is 7.05 Å². The third kappa shape index (κ3) is 5.45. The monoisotopic (exact) mass is 327 g/mol. The van der Waals surface area contributed by atoms with Gasteiger partial charge in [-0.1, -0.05) is 12.1 Å². The molecule has 0 atom stereocenters. The van der Waals surface area contributed by atoms with Crippen LogP contribution >= 0.6 is 0 Å². The van der Waals surface area contributed by atoms with Gasteiger partial charge in [0.15, 0.2) is 0 Å². The van der Waals surface area contributed by atoms with Crippen molar-refractivity contribution in [3.8, 4) is 0 Å². The second-order valence-electron chi connectivity index (χ2n) is 5.54. The van der Waals surface area contributed by atoms with Gasteiger partial charge in [0.25, 0.3) is 0 Å². The smallest absolute Gasteiger partial charge is 0.428 e. The fourth-order valence-electron chi connectivity index (χ4n) is 1.49. The largest absolute Gasteiger partial charge is 0.443 e. The topological polar surface area (TPSA) is 96.9 Å². The van der Waals surface area contributed by atoms with Crippen molar-refractivity contribution in [1.82, 2.24) is 10.1 Å². The van der Waals surface area contributed by atoms with Crippen LogP contribution in [-0.2, 0) is 14.8 Å². The van der Waals surface area contributed by atoms with Gasteiger partial charge in [-0.2, -0.15) is 5.10 Å². The van der Waals surface area contributed by atoms with Gasteiger partial charge in [-0.05, 0) is 52.4 Å². The summed E-state index contributed by atoms with van der Waals surface area (Å²) in [5.74, 6) is 0. The first kappa shape index (κ1) is 18.1. The Balaban J connectivity index is 2.80. The highest BCUT2D eigenvalue weighted by Gasteiger charge is 2.15. The molecule has 0 aliphatic carbocycles. The lowest BCUT2D eigenvalue weighted by Gasteiger charge is -2.18. The van der Waals surface area contributed by atoms with E-state index >= 15 is 0 Å². The Kier molecular flexibility index (Phi) is 5.67. The molecule has 0 saturated heterocycles. The van der Waals surface area contributed by atoms with Crippen molar-refractivity contribution < 1.29 is 17.9 Å². The van der Waals surface area contributed by atoms with Gasteiger partial charge in [-0.15, -0.1) is 0 Å². The highest BCUT2D eigenvalue weighted by Crippen LogP contribution is 2.11. The molecular weight excluding hydrogens is 306 g/mol. The van der Waals surface area contributed by atoms with Crippen LogP contribution in [0.1, 0.15) is 33.3 Å². The maximum atomic E-state index is 11.6. The van der Waals surface area contributed by atoms with Gasteiger partial charge in [-0.3, -0.25) is 0 Å². The first-order chi connectivity index (χ1) is 10.0. The Bertz CT molecular complexity index is 658. The molecule has 2 N–H and O–H groups in total. The van der Waals surface area contributed by atoms with E-state index in [9.17, 15) is 13.2 Å². The summed E-state index contributed by atoms with van der Waals surface area (Å²) in [6.45, 7) is 6.96. The highest BCUT2D eigenvalue weighted by atomic mass is 32.2. The minimum absolute atomic E-state index is 0.159. The lowest BCUT2D eigenvalue weighted by molar-refractivity contribution is 0.0529. The molecule has 1 aromatic carbocycles. The van der Waals surface area contributed by atoms with Crippen LogP contribution in [0.15, 0.2) is 34.3 Å². The molecule has 1 rings (SSSR count). The second-order valence-corrected chi connectivity index (χ2v) is 7.43. The van der Waals surface area contributed by atoms with E-state index in [1.165, 1.54) is 19.2 Å². The Morgan fingerprint density at radius 1 is 1.18 bits per heavy atom. The zero-order valence-corrected chi connectivity index (χ0v) is 14.1. The zero-order valence-electron chi connectivity index (χ0n) is 13.3. The predicted octanol–water partition coefficient (Wildman–Crippen LogP) is 1.84. The van der Waals surface area contributed by atoms with Crippen molar-refractivity contribution in [3.05, 3.63) is 29.8 Å². The van der Waals surface area contributed by atoms with Gasteiger partial charge < -0.3 is 4.74 Å². The molecule has 122 valence electrons. The number of carbonyl (C=O) groups excluding carboxylic acids is 1. The molecule has 0 fully saturated rings. The highest BCUT2D eigenvalue weighted by molar-refractivity contribution is 7.89. The number of carbonyl (C=O) groups is 1. The lowest BCUT2D eigenvalue weighted by atomic mass is 10.1. The minimum atomic E-state index is -3.47. The molecule has 0 unspecified atom stereocenters. The number of hydrazone groups is 1. The number of nitrogens with one attached hydrogen (secondary N) is 2. The number of hydrogen-bond donors (Lipinski definition) is 2. The first-order valence-electron chi connectivity index (χ1n) is 6.62. The Morgan fingerprint density at radius 2 is 1.73 bits per heavy atom. The summed E-state index contributed by atoms with van der Waals surface area (Å²) in [5.41, 5.74) is 2.90. The van der Waals surface area contributed by atoms with Gasteiger partial charge in [-0.25, -0.2) is 23.4 Å². The van der Waals surface area contributed by atoms with Gasteiger partial charge in [0.1, 0.15) is 5.60 Å². The molecule has 0 bridgehead atoms. The maximum Gasteiger partial charge on any atom is 0.428 e. The molecule has 0 saturated carbocycles. The van der Waals surface area contributed by atoms with E-state index in [4.69, 9.17) is 4.74 Å². The molecular formula is C14H21N3O4S. The normalized spacial score (nSPS) is 12.9. The fraction of sp³-hybridized carbons (Fsp3) is 0.429. The standard InChI is InChI=1S/C14H21N3O4S/c1-10(16-17-13(18)21-14(2,3)4)11-6-8-12(9-7-11)22(19,20)15-5/h6-9,15H,1-5H3,(H,17,18)/b16-10-. The molecule has 1 aromatic rings.